The standard InChI is InChI=1S/C21H15BrN2O5/c22-17-7-3-15(4-8-17)6-10-21(25)29-20-9-5-16(12-19(20)24(26)27)13-23-14-18-2-1-11-28-18/h1-13H,14H2/b10-6+,23-13?. The maximum atomic E-state index is 12.0. The van der Waals surface area contributed by atoms with Gasteiger partial charge in [0, 0.05) is 22.8 Å². The van der Waals surface area contributed by atoms with Crippen LogP contribution in [-0.4, -0.2) is 17.1 Å². The number of benzene rings is 2. The van der Waals surface area contributed by atoms with Crippen molar-refractivity contribution >= 4 is 39.9 Å². The molecule has 0 unspecified atom stereocenters. The first-order valence-electron chi connectivity index (χ1n) is 8.47. The van der Waals surface area contributed by atoms with Gasteiger partial charge in [0.05, 0.1) is 17.7 Å². The van der Waals surface area contributed by atoms with Gasteiger partial charge in [0.2, 0.25) is 5.75 Å². The molecule has 0 saturated carbocycles. The summed E-state index contributed by atoms with van der Waals surface area (Å²) < 4.78 is 11.2. The topological polar surface area (TPSA) is 94.9 Å². The van der Waals surface area contributed by atoms with Crippen LogP contribution in [0, 0.1) is 10.1 Å². The largest absolute Gasteiger partial charge is 0.467 e. The Morgan fingerprint density at radius 2 is 1.93 bits per heavy atom. The molecule has 0 saturated heterocycles. The Kier molecular flexibility index (Phi) is 6.70. The average molecular weight is 455 g/mol. The molecule has 146 valence electrons. The number of halogens is 1. The third-order valence-electron chi connectivity index (χ3n) is 3.74. The van der Waals surface area contributed by atoms with Crippen LogP contribution in [0.25, 0.3) is 6.08 Å². The molecule has 7 nitrogen and oxygen atoms in total. The van der Waals surface area contributed by atoms with Crippen molar-refractivity contribution < 1.29 is 18.9 Å². The minimum Gasteiger partial charge on any atom is -0.467 e. The Morgan fingerprint density at radius 3 is 2.62 bits per heavy atom. The molecule has 1 heterocycles. The number of aliphatic imine (C=N–C) groups is 1. The number of hydrogen-bond donors (Lipinski definition) is 0. The average Bonchev–Trinajstić information content (AvgIpc) is 3.22. The van der Waals surface area contributed by atoms with E-state index in [-0.39, 0.29) is 11.4 Å². The number of nitro groups is 1. The number of rotatable bonds is 7. The Hall–Kier alpha value is -3.52. The van der Waals surface area contributed by atoms with E-state index < -0.39 is 10.9 Å². The van der Waals surface area contributed by atoms with Gasteiger partial charge >= 0.3 is 11.7 Å². The molecular weight excluding hydrogens is 440 g/mol. The number of furan rings is 1. The van der Waals surface area contributed by atoms with Crippen molar-refractivity contribution in [1.82, 2.24) is 0 Å². The van der Waals surface area contributed by atoms with Crippen LogP contribution in [0.1, 0.15) is 16.9 Å². The normalized spacial score (nSPS) is 11.2. The van der Waals surface area contributed by atoms with E-state index in [1.165, 1.54) is 24.4 Å². The van der Waals surface area contributed by atoms with Crippen molar-refractivity contribution in [1.29, 1.82) is 0 Å². The zero-order chi connectivity index (χ0) is 20.6. The minimum absolute atomic E-state index is 0.136. The van der Waals surface area contributed by atoms with Crippen molar-refractivity contribution in [3.63, 3.8) is 0 Å². The molecule has 2 aromatic carbocycles. The second-order valence-electron chi connectivity index (χ2n) is 5.84. The van der Waals surface area contributed by atoms with Crippen molar-refractivity contribution in [2.75, 3.05) is 0 Å². The summed E-state index contributed by atoms with van der Waals surface area (Å²) in [5, 5.41) is 11.4. The summed E-state index contributed by atoms with van der Waals surface area (Å²) in [7, 11) is 0. The highest BCUT2D eigenvalue weighted by Crippen LogP contribution is 2.28. The smallest absolute Gasteiger partial charge is 0.336 e. The maximum Gasteiger partial charge on any atom is 0.336 e. The molecule has 0 amide bonds. The van der Waals surface area contributed by atoms with E-state index in [4.69, 9.17) is 9.15 Å². The number of carbonyl (C=O) groups is 1. The quantitative estimate of drug-likeness (QED) is 0.122. The molecule has 0 spiro atoms. The zero-order valence-electron chi connectivity index (χ0n) is 15.0. The van der Waals surface area contributed by atoms with Crippen LogP contribution in [-0.2, 0) is 11.3 Å². The van der Waals surface area contributed by atoms with E-state index in [9.17, 15) is 14.9 Å². The van der Waals surface area contributed by atoms with Crippen LogP contribution in [0.2, 0.25) is 0 Å². The Morgan fingerprint density at radius 1 is 1.17 bits per heavy atom. The van der Waals surface area contributed by atoms with Crippen molar-refractivity contribution in [2.45, 2.75) is 6.54 Å². The van der Waals surface area contributed by atoms with Crippen molar-refractivity contribution in [3.8, 4) is 5.75 Å². The van der Waals surface area contributed by atoms with E-state index in [0.717, 1.165) is 10.0 Å². The second kappa shape index (κ2) is 9.61. The number of hydrogen-bond acceptors (Lipinski definition) is 6. The van der Waals surface area contributed by atoms with Gasteiger partial charge < -0.3 is 9.15 Å². The lowest BCUT2D eigenvalue weighted by Crippen LogP contribution is -2.06. The first-order valence-corrected chi connectivity index (χ1v) is 9.27. The highest BCUT2D eigenvalue weighted by atomic mass is 79.9. The molecule has 3 rings (SSSR count). The molecule has 0 aliphatic carbocycles. The minimum atomic E-state index is -0.713. The Bertz CT molecular complexity index is 1060. The first kappa shape index (κ1) is 20.2. The molecule has 0 radical (unpaired) electrons. The molecule has 1 aromatic heterocycles. The van der Waals surface area contributed by atoms with Gasteiger partial charge in [-0.15, -0.1) is 0 Å². The summed E-state index contributed by atoms with van der Waals surface area (Å²) in [6.07, 6.45) is 5.82. The number of nitro benzene ring substituents is 1. The van der Waals surface area contributed by atoms with Crippen molar-refractivity contribution in [2.24, 2.45) is 4.99 Å². The maximum absolute atomic E-state index is 12.0. The summed E-state index contributed by atoms with van der Waals surface area (Å²) in [4.78, 5) is 27.0. The molecular formula is C21H15BrN2O5. The van der Waals surface area contributed by atoms with Gasteiger partial charge in [-0.05, 0) is 53.6 Å². The molecule has 8 heteroatoms. The van der Waals surface area contributed by atoms with Crippen LogP contribution in [0.3, 0.4) is 0 Å². The predicted molar refractivity (Wildman–Crippen MR) is 112 cm³/mol. The van der Waals surface area contributed by atoms with Gasteiger partial charge in [0.1, 0.15) is 5.76 Å². The number of ether oxygens (including phenoxy) is 1. The Balaban J connectivity index is 1.69. The van der Waals surface area contributed by atoms with Crippen LogP contribution in [0.15, 0.2) is 80.8 Å². The van der Waals surface area contributed by atoms with Gasteiger partial charge in [-0.2, -0.15) is 0 Å². The lowest BCUT2D eigenvalue weighted by atomic mass is 10.2. The summed E-state index contributed by atoms with van der Waals surface area (Å²) in [6.45, 7) is 0.318. The first-order chi connectivity index (χ1) is 14.0. The fourth-order valence-electron chi connectivity index (χ4n) is 2.37. The third-order valence-corrected chi connectivity index (χ3v) is 4.27. The summed E-state index contributed by atoms with van der Waals surface area (Å²) in [6, 6.07) is 15.1. The van der Waals surface area contributed by atoms with Crippen LogP contribution in [0.5, 0.6) is 5.75 Å². The SMILES string of the molecule is O=C(/C=C/c1ccc(Br)cc1)Oc1ccc(C=NCc2ccco2)cc1[N+](=O)[O-]. The zero-order valence-corrected chi connectivity index (χ0v) is 16.6. The second-order valence-corrected chi connectivity index (χ2v) is 6.76. The molecule has 3 aromatic rings. The van der Waals surface area contributed by atoms with Gasteiger partial charge in [0.25, 0.3) is 0 Å². The number of esters is 1. The van der Waals surface area contributed by atoms with Gasteiger partial charge in [-0.1, -0.05) is 28.1 Å². The Labute approximate surface area is 174 Å². The van der Waals surface area contributed by atoms with Gasteiger partial charge in [-0.3, -0.25) is 15.1 Å². The molecule has 0 N–H and O–H groups in total. The molecule has 0 aliphatic heterocycles. The summed E-state index contributed by atoms with van der Waals surface area (Å²) in [5.74, 6) is -0.169. The van der Waals surface area contributed by atoms with E-state index in [0.29, 0.717) is 17.9 Å². The molecule has 29 heavy (non-hydrogen) atoms. The van der Waals surface area contributed by atoms with Crippen LogP contribution >= 0.6 is 15.9 Å². The number of carbonyl (C=O) groups excluding carboxylic acids is 1. The van der Waals surface area contributed by atoms with E-state index in [1.807, 2.05) is 24.3 Å². The van der Waals surface area contributed by atoms with Crippen LogP contribution in [0.4, 0.5) is 5.69 Å². The lowest BCUT2D eigenvalue weighted by molar-refractivity contribution is -0.385. The molecule has 0 atom stereocenters. The third kappa shape index (κ3) is 5.98. The van der Waals surface area contributed by atoms with Crippen molar-refractivity contribution in [3.05, 3.63) is 98.4 Å². The highest BCUT2D eigenvalue weighted by molar-refractivity contribution is 9.10. The summed E-state index contributed by atoms with van der Waals surface area (Å²) >= 11 is 3.33. The number of nitrogens with zero attached hydrogens (tertiary/aromatic N) is 2. The fourth-order valence-corrected chi connectivity index (χ4v) is 2.63. The lowest BCUT2D eigenvalue weighted by Gasteiger charge is -2.04. The van der Waals surface area contributed by atoms with E-state index in [2.05, 4.69) is 20.9 Å². The highest BCUT2D eigenvalue weighted by Gasteiger charge is 2.17. The fraction of sp³-hybridized carbons (Fsp3) is 0.0476. The predicted octanol–water partition coefficient (Wildman–Crippen LogP) is 5.19. The molecule has 0 bridgehead atoms. The van der Waals surface area contributed by atoms with E-state index in [1.54, 1.807) is 30.5 Å². The van der Waals surface area contributed by atoms with Gasteiger partial charge in [0.15, 0.2) is 0 Å². The summed E-state index contributed by atoms with van der Waals surface area (Å²) in [5.41, 5.74) is 0.980. The van der Waals surface area contributed by atoms with Crippen LogP contribution < -0.4 is 4.74 Å². The monoisotopic (exact) mass is 454 g/mol. The van der Waals surface area contributed by atoms with E-state index >= 15 is 0 Å². The molecule has 0 fully saturated rings. The van der Waals surface area contributed by atoms with Gasteiger partial charge in [-0.25, -0.2) is 4.79 Å². The molecule has 0 aliphatic rings.